The molecule has 0 aliphatic heterocycles. The second-order valence-electron chi connectivity index (χ2n) is 12.2. The molecule has 0 unspecified atom stereocenters. The lowest BCUT2D eigenvalue weighted by atomic mass is 10.0. The van der Waals surface area contributed by atoms with Gasteiger partial charge in [-0.25, -0.2) is 9.13 Å². The number of benzene rings is 1. The zero-order valence-corrected chi connectivity index (χ0v) is 26.3. The molecule has 0 fully saturated rings. The predicted molar refractivity (Wildman–Crippen MR) is 172 cm³/mol. The largest absolute Gasteiger partial charge is 0.288 e. The van der Waals surface area contributed by atoms with Crippen molar-refractivity contribution >= 4 is 0 Å². The number of imidazole rings is 1. The molecular weight excluding hydrogens is 472 g/mol. The molecule has 0 aliphatic rings. The first-order valence-electron chi connectivity index (χ1n) is 17.5. The summed E-state index contributed by atoms with van der Waals surface area (Å²) < 4.78 is 5.03. The minimum atomic E-state index is 1.14. The van der Waals surface area contributed by atoms with Gasteiger partial charge in [0.25, 0.3) is 5.82 Å². The standard InChI is InChI=1S/C37H65N2/c1-3-5-7-9-11-13-14-15-16-17-18-20-22-24-29-33-39-35-34-38(37(39)36-30-26-25-27-31-36)32-28-23-21-19-12-10-8-6-4-2/h25-27,30-31,34-35H,3-24,28-29,32-33H2,1-2H3/q+1. The van der Waals surface area contributed by atoms with Crippen LogP contribution >= 0.6 is 0 Å². The zero-order valence-electron chi connectivity index (χ0n) is 26.3. The van der Waals surface area contributed by atoms with Crippen molar-refractivity contribution in [2.75, 3.05) is 0 Å². The molecule has 39 heavy (non-hydrogen) atoms. The number of hydrogen-bond acceptors (Lipinski definition) is 0. The smallest absolute Gasteiger partial charge is 0.230 e. The highest BCUT2D eigenvalue weighted by Crippen LogP contribution is 2.18. The van der Waals surface area contributed by atoms with Crippen LogP contribution in [0, 0.1) is 0 Å². The van der Waals surface area contributed by atoms with E-state index in [0.717, 1.165) is 13.1 Å². The van der Waals surface area contributed by atoms with Crippen molar-refractivity contribution in [1.82, 2.24) is 4.57 Å². The summed E-state index contributed by atoms with van der Waals surface area (Å²) in [5, 5.41) is 0. The highest BCUT2D eigenvalue weighted by molar-refractivity contribution is 5.52. The van der Waals surface area contributed by atoms with Crippen LogP contribution in [-0.4, -0.2) is 4.57 Å². The number of unbranched alkanes of at least 4 members (excludes halogenated alkanes) is 22. The fraction of sp³-hybridized carbons (Fsp3) is 0.757. The summed E-state index contributed by atoms with van der Waals surface area (Å²) in [6.07, 6.45) is 38.6. The van der Waals surface area contributed by atoms with E-state index in [1.54, 1.807) is 0 Å². The molecule has 0 saturated carbocycles. The van der Waals surface area contributed by atoms with Crippen molar-refractivity contribution in [3.05, 3.63) is 42.7 Å². The maximum absolute atomic E-state index is 2.52. The maximum Gasteiger partial charge on any atom is 0.288 e. The summed E-state index contributed by atoms with van der Waals surface area (Å²) in [5.41, 5.74) is 1.36. The number of aromatic nitrogens is 2. The fourth-order valence-corrected chi connectivity index (χ4v) is 5.99. The van der Waals surface area contributed by atoms with E-state index in [9.17, 15) is 0 Å². The molecule has 0 radical (unpaired) electrons. The third-order valence-electron chi connectivity index (χ3n) is 8.51. The summed E-state index contributed by atoms with van der Waals surface area (Å²) >= 11 is 0. The van der Waals surface area contributed by atoms with Gasteiger partial charge in [-0.15, -0.1) is 0 Å². The average Bonchev–Trinajstić information content (AvgIpc) is 3.37. The van der Waals surface area contributed by atoms with E-state index in [2.05, 4.69) is 65.7 Å². The van der Waals surface area contributed by atoms with Crippen molar-refractivity contribution in [1.29, 1.82) is 0 Å². The average molecular weight is 538 g/mol. The Bertz CT molecular complexity index is 778. The normalized spacial score (nSPS) is 11.4. The van der Waals surface area contributed by atoms with E-state index in [1.165, 1.54) is 165 Å². The summed E-state index contributed by atoms with van der Waals surface area (Å²) in [5.74, 6) is 1.40. The molecule has 2 aromatic rings. The highest BCUT2D eigenvalue weighted by Gasteiger charge is 2.18. The van der Waals surface area contributed by atoms with Gasteiger partial charge < -0.3 is 0 Å². The summed E-state index contributed by atoms with van der Waals surface area (Å²) in [6, 6.07) is 11.1. The Kier molecular flexibility index (Phi) is 20.9. The molecule has 2 nitrogen and oxygen atoms in total. The van der Waals surface area contributed by atoms with Crippen LogP contribution in [-0.2, 0) is 13.1 Å². The van der Waals surface area contributed by atoms with Crippen LogP contribution < -0.4 is 4.57 Å². The van der Waals surface area contributed by atoms with Crippen LogP contribution in [0.1, 0.15) is 168 Å². The van der Waals surface area contributed by atoms with Crippen LogP contribution in [0.25, 0.3) is 11.4 Å². The lowest BCUT2D eigenvalue weighted by molar-refractivity contribution is -0.686. The van der Waals surface area contributed by atoms with E-state index in [0.29, 0.717) is 0 Å². The Morgan fingerprint density at radius 1 is 0.487 bits per heavy atom. The minimum absolute atomic E-state index is 1.14. The summed E-state index contributed by atoms with van der Waals surface area (Å²) in [7, 11) is 0. The first-order valence-corrected chi connectivity index (χ1v) is 17.5. The van der Waals surface area contributed by atoms with Gasteiger partial charge in [-0.2, -0.15) is 0 Å². The van der Waals surface area contributed by atoms with Gasteiger partial charge in [0.05, 0.1) is 18.7 Å². The van der Waals surface area contributed by atoms with Gasteiger partial charge >= 0.3 is 0 Å². The van der Waals surface area contributed by atoms with Crippen molar-refractivity contribution in [2.45, 2.75) is 181 Å². The molecule has 0 saturated heterocycles. The third kappa shape index (κ3) is 16.3. The van der Waals surface area contributed by atoms with Gasteiger partial charge in [0.2, 0.25) is 0 Å². The number of nitrogens with zero attached hydrogens (tertiary/aromatic N) is 2. The summed E-state index contributed by atoms with van der Waals surface area (Å²) in [6.45, 7) is 6.90. The molecule has 1 heterocycles. The van der Waals surface area contributed by atoms with E-state index in [1.807, 2.05) is 0 Å². The van der Waals surface area contributed by atoms with Crippen molar-refractivity contribution < 1.29 is 4.57 Å². The Morgan fingerprint density at radius 2 is 0.897 bits per heavy atom. The molecule has 0 N–H and O–H groups in total. The minimum Gasteiger partial charge on any atom is -0.230 e. The maximum atomic E-state index is 2.52. The molecule has 2 heteroatoms. The topological polar surface area (TPSA) is 8.81 Å². The Morgan fingerprint density at radius 3 is 1.36 bits per heavy atom. The lowest BCUT2D eigenvalue weighted by Crippen LogP contribution is -2.34. The quantitative estimate of drug-likeness (QED) is 0.0791. The first kappa shape index (κ1) is 33.6. The molecule has 0 bridgehead atoms. The fourth-order valence-electron chi connectivity index (χ4n) is 5.99. The Hall–Kier alpha value is -1.57. The van der Waals surface area contributed by atoms with E-state index >= 15 is 0 Å². The second-order valence-corrected chi connectivity index (χ2v) is 12.2. The first-order chi connectivity index (χ1) is 19.4. The van der Waals surface area contributed by atoms with Gasteiger partial charge in [-0.3, -0.25) is 0 Å². The molecule has 222 valence electrons. The van der Waals surface area contributed by atoms with Crippen molar-refractivity contribution in [3.63, 3.8) is 0 Å². The Balaban J connectivity index is 1.59. The van der Waals surface area contributed by atoms with Crippen LogP contribution in [0.4, 0.5) is 0 Å². The predicted octanol–water partition coefficient (Wildman–Crippen LogP) is 11.8. The lowest BCUT2D eigenvalue weighted by Gasteiger charge is -2.07. The van der Waals surface area contributed by atoms with Gasteiger partial charge in [0.15, 0.2) is 0 Å². The van der Waals surface area contributed by atoms with Crippen molar-refractivity contribution in [2.24, 2.45) is 0 Å². The van der Waals surface area contributed by atoms with Gasteiger partial charge in [0, 0.05) is 0 Å². The Labute approximate surface area is 244 Å². The molecule has 1 aromatic carbocycles. The van der Waals surface area contributed by atoms with Gasteiger partial charge in [0.1, 0.15) is 12.4 Å². The zero-order chi connectivity index (χ0) is 27.6. The van der Waals surface area contributed by atoms with Gasteiger partial charge in [-0.05, 0) is 37.8 Å². The second kappa shape index (κ2) is 24.2. The van der Waals surface area contributed by atoms with Gasteiger partial charge in [-0.1, -0.05) is 160 Å². The molecule has 2 rings (SSSR count). The van der Waals surface area contributed by atoms with Crippen LogP contribution in [0.15, 0.2) is 42.7 Å². The highest BCUT2D eigenvalue weighted by atomic mass is 15.1. The summed E-state index contributed by atoms with van der Waals surface area (Å²) in [4.78, 5) is 0. The van der Waals surface area contributed by atoms with E-state index in [-0.39, 0.29) is 0 Å². The molecule has 0 spiro atoms. The van der Waals surface area contributed by atoms with E-state index in [4.69, 9.17) is 0 Å². The van der Waals surface area contributed by atoms with Crippen LogP contribution in [0.2, 0.25) is 0 Å². The molecule has 0 aliphatic carbocycles. The third-order valence-corrected chi connectivity index (χ3v) is 8.51. The van der Waals surface area contributed by atoms with E-state index < -0.39 is 0 Å². The molecule has 0 atom stereocenters. The van der Waals surface area contributed by atoms with Crippen molar-refractivity contribution in [3.8, 4) is 11.4 Å². The molecule has 0 amide bonds. The number of aryl methyl sites for hydroxylation is 2. The molecule has 1 aromatic heterocycles. The monoisotopic (exact) mass is 538 g/mol. The number of rotatable bonds is 27. The molecular formula is C37H65N2+. The van der Waals surface area contributed by atoms with Crippen LogP contribution in [0.5, 0.6) is 0 Å². The number of hydrogen-bond donors (Lipinski definition) is 0. The SMILES string of the molecule is CCCCCCCCCCCCCCCCCn1cc[n+](CCCCCCCCCCC)c1-c1ccccc1. The van der Waals surface area contributed by atoms with Crippen LogP contribution in [0.3, 0.4) is 0 Å².